The molecule has 8 heteroatoms. The van der Waals surface area contributed by atoms with E-state index in [0.717, 1.165) is 18.4 Å². The molecule has 0 aliphatic heterocycles. The summed E-state index contributed by atoms with van der Waals surface area (Å²) in [5, 5.41) is 4.48. The Hall–Kier alpha value is -2.06. The topological polar surface area (TPSA) is 34.1 Å². The number of ether oxygens (including phenoxy) is 1. The van der Waals surface area contributed by atoms with E-state index in [9.17, 15) is 13.2 Å². The molecule has 1 N–H and O–H groups in total. The normalized spacial score (nSPS) is 11.0. The van der Waals surface area contributed by atoms with Gasteiger partial charge in [-0.05, 0) is 48.2 Å². The zero-order valence-corrected chi connectivity index (χ0v) is 14.9. The number of benzene rings is 1. The summed E-state index contributed by atoms with van der Waals surface area (Å²) in [6.07, 6.45) is -3.07. The Kier molecular flexibility index (Phi) is 6.44. The fourth-order valence-electron chi connectivity index (χ4n) is 2.12. The minimum atomic E-state index is -4.71. The van der Waals surface area contributed by atoms with E-state index in [-0.39, 0.29) is 5.75 Å². The molecule has 1 aromatic carbocycles. The van der Waals surface area contributed by atoms with Gasteiger partial charge < -0.3 is 10.1 Å². The molecule has 0 spiro atoms. The Balaban J connectivity index is 2.28. The third-order valence-corrected chi connectivity index (χ3v) is 3.68. The van der Waals surface area contributed by atoms with Gasteiger partial charge in [-0.25, -0.2) is 4.98 Å². The molecule has 0 atom stereocenters. The van der Waals surface area contributed by atoms with E-state index in [2.05, 4.69) is 15.0 Å². The molecule has 0 unspecified atom stereocenters. The van der Waals surface area contributed by atoms with E-state index in [1.165, 1.54) is 29.6 Å². The van der Waals surface area contributed by atoms with Crippen LogP contribution in [0, 0.1) is 0 Å². The number of hydrogen-bond acceptors (Lipinski definition) is 4. The lowest BCUT2D eigenvalue weighted by atomic mass is 10.1. The van der Waals surface area contributed by atoms with Gasteiger partial charge in [0.2, 0.25) is 0 Å². The first-order valence-corrected chi connectivity index (χ1v) is 8.32. The maximum atomic E-state index is 12.2. The van der Waals surface area contributed by atoms with Crippen LogP contribution in [0.1, 0.15) is 25.5 Å². The standard InChI is InChI=1S/C17H15F3N2OS2/c1-2-3-16(25)22-15-9-12(8-13(10-24)21-15)11-4-6-14(7-5-11)23-17(18,19)20/h4-10H,2-3H2,1H3,(H,21,22,25). The van der Waals surface area contributed by atoms with Crippen molar-refractivity contribution in [2.24, 2.45) is 0 Å². The predicted octanol–water partition coefficient (Wildman–Crippen LogP) is 5.53. The van der Waals surface area contributed by atoms with E-state index < -0.39 is 6.36 Å². The van der Waals surface area contributed by atoms with E-state index >= 15 is 0 Å². The highest BCUT2D eigenvalue weighted by Crippen LogP contribution is 2.28. The summed E-state index contributed by atoms with van der Waals surface area (Å²) in [5.41, 5.74) is 2.02. The van der Waals surface area contributed by atoms with Crippen molar-refractivity contribution in [3.8, 4) is 16.9 Å². The second kappa shape index (κ2) is 8.35. The lowest BCUT2D eigenvalue weighted by molar-refractivity contribution is -0.274. The van der Waals surface area contributed by atoms with Crippen molar-refractivity contribution in [3.05, 3.63) is 42.1 Å². The summed E-state index contributed by atoms with van der Waals surface area (Å²) >= 11 is 10.2. The maximum Gasteiger partial charge on any atom is 0.573 e. The fourth-order valence-corrected chi connectivity index (χ4v) is 2.55. The van der Waals surface area contributed by atoms with E-state index in [0.29, 0.717) is 22.1 Å². The van der Waals surface area contributed by atoms with Crippen LogP contribution in [-0.4, -0.2) is 21.7 Å². The highest BCUT2D eigenvalue weighted by Gasteiger charge is 2.30. The molecule has 1 aromatic heterocycles. The van der Waals surface area contributed by atoms with Crippen molar-refractivity contribution >= 4 is 40.6 Å². The van der Waals surface area contributed by atoms with Crippen molar-refractivity contribution in [1.29, 1.82) is 0 Å². The first kappa shape index (κ1) is 19.3. The number of alkyl halides is 3. The van der Waals surface area contributed by atoms with Crippen molar-refractivity contribution in [1.82, 2.24) is 4.98 Å². The third-order valence-electron chi connectivity index (χ3n) is 3.13. The van der Waals surface area contributed by atoms with Crippen LogP contribution in [0.4, 0.5) is 19.0 Å². The molecule has 25 heavy (non-hydrogen) atoms. The molecular weight excluding hydrogens is 369 g/mol. The quantitative estimate of drug-likeness (QED) is 0.662. The van der Waals surface area contributed by atoms with Crippen LogP contribution in [0.15, 0.2) is 36.4 Å². The number of nitrogens with one attached hydrogen (secondary N) is 1. The average Bonchev–Trinajstić information content (AvgIpc) is 2.54. The summed E-state index contributed by atoms with van der Waals surface area (Å²) in [6, 6.07) is 9.12. The number of hydrogen-bond donors (Lipinski definition) is 1. The van der Waals surface area contributed by atoms with Gasteiger partial charge in [-0.1, -0.05) is 43.5 Å². The summed E-state index contributed by atoms with van der Waals surface area (Å²) in [6.45, 7) is 2.02. The molecular formula is C17H15F3N2OS2. The van der Waals surface area contributed by atoms with Crippen LogP contribution in [0.25, 0.3) is 11.1 Å². The lowest BCUT2D eigenvalue weighted by Gasteiger charge is -2.11. The van der Waals surface area contributed by atoms with Crippen molar-refractivity contribution in [2.45, 2.75) is 26.1 Å². The number of halogens is 3. The fraction of sp³-hybridized carbons (Fsp3) is 0.235. The Morgan fingerprint density at radius 2 is 1.88 bits per heavy atom. The van der Waals surface area contributed by atoms with E-state index in [1.807, 2.05) is 6.92 Å². The zero-order chi connectivity index (χ0) is 18.4. The van der Waals surface area contributed by atoms with E-state index in [1.54, 1.807) is 12.1 Å². The molecule has 1 heterocycles. The van der Waals surface area contributed by atoms with Gasteiger partial charge >= 0.3 is 6.36 Å². The Labute approximate surface area is 154 Å². The molecule has 0 saturated heterocycles. The Bertz CT molecular complexity index is 761. The van der Waals surface area contributed by atoms with E-state index in [4.69, 9.17) is 24.4 Å². The summed E-state index contributed by atoms with van der Waals surface area (Å²) in [4.78, 5) is 5.00. The van der Waals surface area contributed by atoms with Crippen LogP contribution in [0.3, 0.4) is 0 Å². The molecule has 0 aliphatic carbocycles. The second-order valence-electron chi connectivity index (χ2n) is 5.15. The predicted molar refractivity (Wildman–Crippen MR) is 100 cm³/mol. The molecule has 0 radical (unpaired) electrons. The number of anilines is 1. The van der Waals surface area contributed by atoms with Gasteiger partial charge in [-0.3, -0.25) is 0 Å². The third kappa shape index (κ3) is 6.06. The number of thiocarbonyl (C=S) groups is 2. The summed E-state index contributed by atoms with van der Waals surface area (Å²) in [5.74, 6) is 0.269. The number of aromatic nitrogens is 1. The first-order valence-electron chi connectivity index (χ1n) is 7.44. The molecule has 2 rings (SSSR count). The van der Waals surface area contributed by atoms with Crippen molar-refractivity contribution in [3.63, 3.8) is 0 Å². The molecule has 3 nitrogen and oxygen atoms in total. The smallest absolute Gasteiger partial charge is 0.406 e. The van der Waals surface area contributed by atoms with Gasteiger partial charge in [0, 0.05) is 5.37 Å². The minimum Gasteiger partial charge on any atom is -0.406 e. The number of pyridine rings is 1. The molecule has 0 bridgehead atoms. The van der Waals surface area contributed by atoms with Gasteiger partial charge in [-0.2, -0.15) is 0 Å². The van der Waals surface area contributed by atoms with Crippen LogP contribution < -0.4 is 10.1 Å². The van der Waals surface area contributed by atoms with Gasteiger partial charge in [0.15, 0.2) is 0 Å². The van der Waals surface area contributed by atoms with Gasteiger partial charge in [0.25, 0.3) is 0 Å². The molecule has 132 valence electrons. The molecule has 0 aliphatic rings. The lowest BCUT2D eigenvalue weighted by Crippen LogP contribution is -2.16. The first-order chi connectivity index (χ1) is 11.8. The maximum absolute atomic E-state index is 12.2. The van der Waals surface area contributed by atoms with Crippen molar-refractivity contribution in [2.75, 3.05) is 5.32 Å². The monoisotopic (exact) mass is 384 g/mol. The molecule has 2 aromatic rings. The zero-order valence-electron chi connectivity index (χ0n) is 13.3. The van der Waals surface area contributed by atoms with Crippen LogP contribution >= 0.6 is 24.4 Å². The van der Waals surface area contributed by atoms with Gasteiger partial charge in [0.05, 0.1) is 10.7 Å². The second-order valence-corrected chi connectivity index (χ2v) is 5.88. The van der Waals surface area contributed by atoms with Crippen LogP contribution in [0.5, 0.6) is 5.75 Å². The molecule has 0 saturated carbocycles. The summed E-state index contributed by atoms with van der Waals surface area (Å²) < 4.78 is 40.6. The minimum absolute atomic E-state index is 0.275. The Morgan fingerprint density at radius 3 is 2.44 bits per heavy atom. The molecule has 0 amide bonds. The van der Waals surface area contributed by atoms with Crippen molar-refractivity contribution < 1.29 is 17.9 Å². The number of nitrogens with zero attached hydrogens (tertiary/aromatic N) is 1. The van der Waals surface area contributed by atoms with Crippen LogP contribution in [-0.2, 0) is 0 Å². The van der Waals surface area contributed by atoms with Gasteiger partial charge in [-0.15, -0.1) is 13.2 Å². The largest absolute Gasteiger partial charge is 0.573 e. The van der Waals surface area contributed by atoms with Crippen LogP contribution in [0.2, 0.25) is 0 Å². The van der Waals surface area contributed by atoms with Gasteiger partial charge in [0.1, 0.15) is 11.6 Å². The SMILES string of the molecule is CCCC(=S)Nc1cc(-c2ccc(OC(F)(F)F)cc2)cc(C=S)n1. The highest BCUT2D eigenvalue weighted by atomic mass is 32.1. The average molecular weight is 384 g/mol. The molecule has 0 fully saturated rings. The summed E-state index contributed by atoms with van der Waals surface area (Å²) in [7, 11) is 0. The number of rotatable bonds is 6. The highest BCUT2D eigenvalue weighted by molar-refractivity contribution is 7.80. The Morgan fingerprint density at radius 1 is 1.20 bits per heavy atom.